The highest BCUT2D eigenvalue weighted by molar-refractivity contribution is 6.11. The topological polar surface area (TPSA) is 112 Å². The summed E-state index contributed by atoms with van der Waals surface area (Å²) in [6.07, 6.45) is 0.630. The summed E-state index contributed by atoms with van der Waals surface area (Å²) in [7, 11) is 0. The second kappa shape index (κ2) is 8.94. The van der Waals surface area contributed by atoms with Gasteiger partial charge in [0, 0.05) is 6.42 Å². The summed E-state index contributed by atoms with van der Waals surface area (Å²) in [4.78, 5) is 35.6. The minimum Gasteiger partial charge on any atom is -0.494 e. The van der Waals surface area contributed by atoms with Gasteiger partial charge in [-0.3, -0.25) is 19.7 Å². The van der Waals surface area contributed by atoms with E-state index in [0.29, 0.717) is 13.0 Å². The van der Waals surface area contributed by atoms with Gasteiger partial charge in [-0.25, -0.2) is 0 Å². The number of Topliss-reactive ketones (excluding diaryl/α,β-unsaturated/α-hetero) is 1. The molecule has 2 rings (SSSR count). The molecule has 1 heterocycles. The zero-order valence-corrected chi connectivity index (χ0v) is 17.5. The summed E-state index contributed by atoms with van der Waals surface area (Å²) in [5.74, 6) is -0.659. The number of hydrogen-bond acceptors (Lipinski definition) is 5. The Bertz CT molecular complexity index is 905. The highest BCUT2D eigenvalue weighted by Crippen LogP contribution is 2.27. The van der Waals surface area contributed by atoms with Crippen LogP contribution in [0.1, 0.15) is 72.6 Å². The number of anilines is 1. The molecule has 1 aromatic heterocycles. The van der Waals surface area contributed by atoms with Gasteiger partial charge < -0.3 is 14.9 Å². The molecular formula is C22H28N2O5. The van der Waals surface area contributed by atoms with Crippen molar-refractivity contribution in [2.45, 2.75) is 52.9 Å². The summed E-state index contributed by atoms with van der Waals surface area (Å²) in [6.45, 7) is 9.64. The first-order chi connectivity index (χ1) is 13.5. The molecule has 0 spiro atoms. The van der Waals surface area contributed by atoms with Crippen molar-refractivity contribution < 1.29 is 23.5 Å². The van der Waals surface area contributed by atoms with Crippen molar-refractivity contribution in [3.63, 3.8) is 0 Å². The summed E-state index contributed by atoms with van der Waals surface area (Å²) < 4.78 is 11.0. The lowest BCUT2D eigenvalue weighted by atomic mass is 9.87. The smallest absolute Gasteiger partial charge is 0.255 e. The lowest BCUT2D eigenvalue weighted by molar-refractivity contribution is -0.116. The zero-order chi connectivity index (χ0) is 21.8. The van der Waals surface area contributed by atoms with Crippen LogP contribution in [-0.4, -0.2) is 24.2 Å². The van der Waals surface area contributed by atoms with Gasteiger partial charge in [0.25, 0.3) is 5.91 Å². The highest BCUT2D eigenvalue weighted by Gasteiger charge is 2.26. The van der Waals surface area contributed by atoms with Gasteiger partial charge in [0.05, 0.1) is 12.2 Å². The number of hydrogen-bond donors (Lipinski definition) is 2. The van der Waals surface area contributed by atoms with Crippen molar-refractivity contribution in [3.05, 3.63) is 46.7 Å². The Balaban J connectivity index is 1.89. The number of carbonyl (C=O) groups is 3. The highest BCUT2D eigenvalue weighted by atomic mass is 16.5. The van der Waals surface area contributed by atoms with E-state index in [0.717, 1.165) is 5.75 Å². The summed E-state index contributed by atoms with van der Waals surface area (Å²) in [5, 5.41) is 2.52. The zero-order valence-electron chi connectivity index (χ0n) is 17.5. The molecule has 0 saturated carbocycles. The van der Waals surface area contributed by atoms with Crippen LogP contribution in [0.15, 0.2) is 28.7 Å². The average Bonchev–Trinajstić information content (AvgIpc) is 2.94. The van der Waals surface area contributed by atoms with Crippen LogP contribution in [-0.2, 0) is 10.2 Å². The molecule has 0 atom stereocenters. The van der Waals surface area contributed by atoms with Gasteiger partial charge in [-0.15, -0.1) is 0 Å². The molecule has 0 bridgehead atoms. The van der Waals surface area contributed by atoms with Gasteiger partial charge >= 0.3 is 0 Å². The van der Waals surface area contributed by atoms with Crippen molar-refractivity contribution in [2.24, 2.45) is 5.73 Å². The normalized spacial score (nSPS) is 11.2. The van der Waals surface area contributed by atoms with Gasteiger partial charge in [0.2, 0.25) is 11.8 Å². The molecule has 7 heteroatoms. The van der Waals surface area contributed by atoms with Crippen LogP contribution in [0.25, 0.3) is 0 Å². The number of ether oxygens (including phenoxy) is 1. The second-order valence-electron chi connectivity index (χ2n) is 7.93. The lowest BCUT2D eigenvalue weighted by Crippen LogP contribution is -2.19. The number of rotatable bonds is 8. The maximum absolute atomic E-state index is 12.2. The van der Waals surface area contributed by atoms with E-state index < -0.39 is 5.91 Å². The monoisotopic (exact) mass is 400 g/mol. The van der Waals surface area contributed by atoms with Gasteiger partial charge in [-0.2, -0.15) is 0 Å². The molecule has 1 aromatic carbocycles. The fourth-order valence-electron chi connectivity index (χ4n) is 2.95. The lowest BCUT2D eigenvalue weighted by Gasteiger charge is -2.19. The second-order valence-corrected chi connectivity index (χ2v) is 7.93. The maximum atomic E-state index is 12.2. The standard InChI is InChI=1S/C22H28N2O5/c1-13(25)18-14(2)29-21(19(18)20(23)27)24-17(26)7-6-12-28-16-10-8-15(9-11-16)22(3,4)5/h8-11H,6-7,12H2,1-5H3,(H2,23,27)(H,24,26). The summed E-state index contributed by atoms with van der Waals surface area (Å²) in [6, 6.07) is 7.88. The van der Waals surface area contributed by atoms with E-state index in [-0.39, 0.29) is 46.3 Å². The Morgan fingerprint density at radius 2 is 1.72 bits per heavy atom. The van der Waals surface area contributed by atoms with E-state index in [9.17, 15) is 14.4 Å². The maximum Gasteiger partial charge on any atom is 0.255 e. The molecule has 29 heavy (non-hydrogen) atoms. The van der Waals surface area contributed by atoms with Crippen molar-refractivity contribution in [2.75, 3.05) is 11.9 Å². The fraction of sp³-hybridized carbons (Fsp3) is 0.409. The quantitative estimate of drug-likeness (QED) is 0.514. The van der Waals surface area contributed by atoms with Crippen LogP contribution in [0.3, 0.4) is 0 Å². The Morgan fingerprint density at radius 3 is 2.24 bits per heavy atom. The molecule has 0 unspecified atom stereocenters. The molecule has 0 fully saturated rings. The van der Waals surface area contributed by atoms with Crippen LogP contribution in [0, 0.1) is 6.92 Å². The Hall–Kier alpha value is -3.09. The Morgan fingerprint density at radius 1 is 1.10 bits per heavy atom. The van der Waals surface area contributed by atoms with Crippen molar-refractivity contribution in [3.8, 4) is 5.75 Å². The van der Waals surface area contributed by atoms with E-state index >= 15 is 0 Å². The van der Waals surface area contributed by atoms with Crippen LogP contribution < -0.4 is 15.8 Å². The molecule has 2 aromatic rings. The third kappa shape index (κ3) is 5.70. The Labute approximate surface area is 170 Å². The van der Waals surface area contributed by atoms with Gasteiger partial charge in [-0.05, 0) is 43.4 Å². The van der Waals surface area contributed by atoms with E-state index in [4.69, 9.17) is 14.9 Å². The number of carbonyl (C=O) groups excluding carboxylic acids is 3. The molecule has 0 aliphatic carbocycles. The number of nitrogens with one attached hydrogen (secondary N) is 1. The number of nitrogens with two attached hydrogens (primary N) is 1. The fourth-order valence-corrected chi connectivity index (χ4v) is 2.95. The van der Waals surface area contributed by atoms with Crippen molar-refractivity contribution >= 4 is 23.5 Å². The number of aryl methyl sites for hydroxylation is 1. The molecule has 3 N–H and O–H groups in total. The molecule has 156 valence electrons. The summed E-state index contributed by atoms with van der Waals surface area (Å²) >= 11 is 0. The Kier molecular flexibility index (Phi) is 6.84. The number of primary amides is 1. The first-order valence-corrected chi connectivity index (χ1v) is 9.48. The molecule has 0 aliphatic heterocycles. The minimum absolute atomic E-state index is 0.0762. The third-order valence-corrected chi connectivity index (χ3v) is 4.47. The average molecular weight is 400 g/mol. The van der Waals surface area contributed by atoms with E-state index in [2.05, 4.69) is 26.1 Å². The van der Waals surface area contributed by atoms with Gasteiger partial charge in [0.15, 0.2) is 5.78 Å². The van der Waals surface area contributed by atoms with Crippen molar-refractivity contribution in [1.82, 2.24) is 0 Å². The first-order valence-electron chi connectivity index (χ1n) is 9.48. The number of furan rings is 1. The molecule has 7 nitrogen and oxygen atoms in total. The van der Waals surface area contributed by atoms with Crippen LogP contribution in [0.4, 0.5) is 5.88 Å². The van der Waals surface area contributed by atoms with Crippen molar-refractivity contribution in [1.29, 1.82) is 0 Å². The number of benzene rings is 1. The molecule has 0 aliphatic rings. The largest absolute Gasteiger partial charge is 0.494 e. The molecular weight excluding hydrogens is 372 g/mol. The van der Waals surface area contributed by atoms with Crippen LogP contribution in [0.2, 0.25) is 0 Å². The minimum atomic E-state index is -0.829. The molecule has 0 radical (unpaired) electrons. The molecule has 2 amide bonds. The van der Waals surface area contributed by atoms with Crippen LogP contribution in [0.5, 0.6) is 5.75 Å². The summed E-state index contributed by atoms with van der Waals surface area (Å²) in [5.41, 5.74) is 6.63. The first kappa shape index (κ1) is 22.2. The van der Waals surface area contributed by atoms with Gasteiger partial charge in [-0.1, -0.05) is 32.9 Å². The van der Waals surface area contributed by atoms with E-state index in [1.54, 1.807) is 0 Å². The predicted octanol–water partition coefficient (Wildman–Crippen LogP) is 3.98. The number of ketones is 1. The van der Waals surface area contributed by atoms with E-state index in [1.807, 2.05) is 24.3 Å². The van der Waals surface area contributed by atoms with Crippen LogP contribution >= 0.6 is 0 Å². The predicted molar refractivity (Wildman–Crippen MR) is 110 cm³/mol. The molecule has 0 saturated heterocycles. The van der Waals surface area contributed by atoms with Gasteiger partial charge in [0.1, 0.15) is 17.1 Å². The SMILES string of the molecule is CC(=O)c1c(C)oc(NC(=O)CCCOc2ccc(C(C)(C)C)cc2)c1C(N)=O. The van der Waals surface area contributed by atoms with E-state index in [1.165, 1.54) is 19.4 Å². The number of amides is 2. The third-order valence-electron chi connectivity index (χ3n) is 4.47.